The van der Waals surface area contributed by atoms with Gasteiger partial charge in [-0.05, 0) is 12.1 Å². The first-order chi connectivity index (χ1) is 7.11. The van der Waals surface area contributed by atoms with E-state index >= 15 is 0 Å². The number of carbonyl (C=O) groups excluding carboxylic acids is 1. The molecule has 0 unspecified atom stereocenters. The van der Waals surface area contributed by atoms with E-state index in [1.54, 1.807) is 25.4 Å². The number of amides is 1. The summed E-state index contributed by atoms with van der Waals surface area (Å²) < 4.78 is 0. The van der Waals surface area contributed by atoms with Gasteiger partial charge in [0.2, 0.25) is 0 Å². The Labute approximate surface area is 87.4 Å². The van der Waals surface area contributed by atoms with Gasteiger partial charge in [-0.3, -0.25) is 14.6 Å². The fourth-order valence-corrected chi connectivity index (χ4v) is 1.07. The molecule has 1 aromatic heterocycles. The monoisotopic (exact) mass is 208 g/mol. The zero-order valence-electron chi connectivity index (χ0n) is 8.38. The van der Waals surface area contributed by atoms with E-state index in [4.69, 9.17) is 5.11 Å². The smallest absolute Gasteiger partial charge is 0.305 e. The minimum atomic E-state index is -0.916. The molecule has 1 amide bonds. The summed E-state index contributed by atoms with van der Waals surface area (Å²) in [5.41, 5.74) is 0.463. The summed E-state index contributed by atoms with van der Waals surface area (Å²) in [5.74, 6) is -1.13. The lowest BCUT2D eigenvalue weighted by atomic mass is 10.2. The fraction of sp³-hybridized carbons (Fsp3) is 0.300. The number of carboxylic acids is 1. The molecule has 80 valence electrons. The molecular weight excluding hydrogens is 196 g/mol. The second kappa shape index (κ2) is 5.09. The zero-order valence-corrected chi connectivity index (χ0v) is 8.38. The third-order valence-electron chi connectivity index (χ3n) is 1.92. The van der Waals surface area contributed by atoms with Crippen molar-refractivity contribution in [3.63, 3.8) is 0 Å². The standard InChI is InChI=1S/C10H12N2O3/c1-12(6-4-9(13)14)10(15)8-3-2-5-11-7-8/h2-3,5,7H,4,6H2,1H3,(H,13,14). The lowest BCUT2D eigenvalue weighted by Crippen LogP contribution is -2.29. The van der Waals surface area contributed by atoms with Crippen LogP contribution in [-0.2, 0) is 4.79 Å². The molecule has 0 bridgehead atoms. The highest BCUT2D eigenvalue weighted by Gasteiger charge is 2.12. The van der Waals surface area contributed by atoms with Gasteiger partial charge in [-0.15, -0.1) is 0 Å². The SMILES string of the molecule is CN(CCC(=O)O)C(=O)c1cccnc1. The molecule has 1 heterocycles. The summed E-state index contributed by atoms with van der Waals surface area (Å²) in [5, 5.41) is 8.46. The van der Waals surface area contributed by atoms with Crippen LogP contribution in [0, 0.1) is 0 Å². The summed E-state index contributed by atoms with van der Waals surface area (Å²) in [6.45, 7) is 0.197. The van der Waals surface area contributed by atoms with Crippen molar-refractivity contribution in [2.24, 2.45) is 0 Å². The number of pyridine rings is 1. The first-order valence-corrected chi connectivity index (χ1v) is 4.48. The van der Waals surface area contributed by atoms with Crippen LogP contribution >= 0.6 is 0 Å². The van der Waals surface area contributed by atoms with Crippen molar-refractivity contribution >= 4 is 11.9 Å². The Hall–Kier alpha value is -1.91. The van der Waals surface area contributed by atoms with E-state index in [2.05, 4.69) is 4.98 Å². The molecule has 0 radical (unpaired) electrons. The Balaban J connectivity index is 2.57. The summed E-state index contributed by atoms with van der Waals surface area (Å²) in [6.07, 6.45) is 2.98. The number of carbonyl (C=O) groups is 2. The van der Waals surface area contributed by atoms with Crippen molar-refractivity contribution in [2.75, 3.05) is 13.6 Å². The van der Waals surface area contributed by atoms with Gasteiger partial charge in [0.1, 0.15) is 0 Å². The van der Waals surface area contributed by atoms with Crippen LogP contribution in [0.1, 0.15) is 16.8 Å². The van der Waals surface area contributed by atoms with Gasteiger partial charge in [0.05, 0.1) is 12.0 Å². The lowest BCUT2D eigenvalue weighted by molar-refractivity contribution is -0.137. The van der Waals surface area contributed by atoms with Crippen molar-refractivity contribution in [3.8, 4) is 0 Å². The van der Waals surface area contributed by atoms with Crippen LogP contribution in [0.2, 0.25) is 0 Å². The first kappa shape index (κ1) is 11.2. The molecule has 0 saturated heterocycles. The quantitative estimate of drug-likeness (QED) is 0.787. The summed E-state index contributed by atoms with van der Waals surface area (Å²) in [4.78, 5) is 27.1. The number of nitrogens with zero attached hydrogens (tertiary/aromatic N) is 2. The number of rotatable bonds is 4. The van der Waals surface area contributed by atoms with Crippen LogP contribution in [0.3, 0.4) is 0 Å². The van der Waals surface area contributed by atoms with Crippen LogP contribution in [0.15, 0.2) is 24.5 Å². The van der Waals surface area contributed by atoms with Gasteiger partial charge in [-0.25, -0.2) is 0 Å². The normalized spacial score (nSPS) is 9.67. The molecule has 0 aliphatic carbocycles. The number of hydrogen-bond acceptors (Lipinski definition) is 3. The summed E-state index contributed by atoms with van der Waals surface area (Å²) >= 11 is 0. The highest BCUT2D eigenvalue weighted by atomic mass is 16.4. The van der Waals surface area contributed by atoms with Crippen LogP contribution in [-0.4, -0.2) is 40.5 Å². The van der Waals surface area contributed by atoms with E-state index in [-0.39, 0.29) is 18.9 Å². The molecule has 0 aliphatic rings. The molecule has 0 atom stereocenters. The molecule has 1 aromatic rings. The predicted octanol–water partition coefficient (Wildman–Crippen LogP) is 0.628. The molecule has 0 aromatic carbocycles. The lowest BCUT2D eigenvalue weighted by Gasteiger charge is -2.15. The highest BCUT2D eigenvalue weighted by molar-refractivity contribution is 5.93. The average molecular weight is 208 g/mol. The largest absolute Gasteiger partial charge is 0.481 e. The maximum atomic E-state index is 11.7. The van der Waals surface area contributed by atoms with E-state index in [0.717, 1.165) is 0 Å². The average Bonchev–Trinajstić information content (AvgIpc) is 2.26. The van der Waals surface area contributed by atoms with Crippen molar-refractivity contribution in [3.05, 3.63) is 30.1 Å². The Morgan fingerprint density at radius 3 is 2.80 bits per heavy atom. The number of aliphatic carboxylic acids is 1. The van der Waals surface area contributed by atoms with Crippen molar-refractivity contribution in [2.45, 2.75) is 6.42 Å². The molecule has 1 N–H and O–H groups in total. The van der Waals surface area contributed by atoms with E-state index in [9.17, 15) is 9.59 Å². The fourth-order valence-electron chi connectivity index (χ4n) is 1.07. The Morgan fingerprint density at radius 1 is 1.53 bits per heavy atom. The minimum Gasteiger partial charge on any atom is -0.481 e. The first-order valence-electron chi connectivity index (χ1n) is 4.48. The third-order valence-corrected chi connectivity index (χ3v) is 1.92. The van der Waals surface area contributed by atoms with E-state index in [1.165, 1.54) is 11.1 Å². The molecule has 0 aliphatic heterocycles. The van der Waals surface area contributed by atoms with Crippen LogP contribution in [0.4, 0.5) is 0 Å². The maximum absolute atomic E-state index is 11.7. The highest BCUT2D eigenvalue weighted by Crippen LogP contribution is 2.01. The van der Waals surface area contributed by atoms with Gasteiger partial charge in [0, 0.05) is 26.0 Å². The molecule has 0 fully saturated rings. The molecular formula is C10H12N2O3. The number of aromatic nitrogens is 1. The van der Waals surface area contributed by atoms with Crippen molar-refractivity contribution in [1.82, 2.24) is 9.88 Å². The van der Waals surface area contributed by atoms with Gasteiger partial charge >= 0.3 is 5.97 Å². The molecule has 5 nitrogen and oxygen atoms in total. The van der Waals surface area contributed by atoms with E-state index in [0.29, 0.717) is 5.56 Å². The molecule has 0 saturated carbocycles. The predicted molar refractivity (Wildman–Crippen MR) is 53.5 cm³/mol. The second-order valence-electron chi connectivity index (χ2n) is 3.11. The van der Waals surface area contributed by atoms with E-state index in [1.807, 2.05) is 0 Å². The van der Waals surface area contributed by atoms with Crippen molar-refractivity contribution < 1.29 is 14.7 Å². The van der Waals surface area contributed by atoms with E-state index < -0.39 is 5.97 Å². The second-order valence-corrected chi connectivity index (χ2v) is 3.11. The molecule has 1 rings (SSSR count). The Kier molecular flexibility index (Phi) is 3.79. The van der Waals surface area contributed by atoms with Crippen LogP contribution < -0.4 is 0 Å². The van der Waals surface area contributed by atoms with Crippen LogP contribution in [0.25, 0.3) is 0 Å². The maximum Gasteiger partial charge on any atom is 0.305 e. The van der Waals surface area contributed by atoms with Gasteiger partial charge in [-0.2, -0.15) is 0 Å². The van der Waals surface area contributed by atoms with Gasteiger partial charge in [0.15, 0.2) is 0 Å². The number of hydrogen-bond donors (Lipinski definition) is 1. The van der Waals surface area contributed by atoms with Crippen molar-refractivity contribution in [1.29, 1.82) is 0 Å². The third kappa shape index (κ3) is 3.38. The Bertz CT molecular complexity index is 351. The minimum absolute atomic E-state index is 0.0531. The molecule has 15 heavy (non-hydrogen) atoms. The van der Waals surface area contributed by atoms with Gasteiger partial charge in [-0.1, -0.05) is 0 Å². The Morgan fingerprint density at radius 2 is 2.27 bits per heavy atom. The van der Waals surface area contributed by atoms with Gasteiger partial charge in [0.25, 0.3) is 5.91 Å². The number of carboxylic acid groups (broad SMARTS) is 1. The molecule has 5 heteroatoms. The topological polar surface area (TPSA) is 70.5 Å². The van der Waals surface area contributed by atoms with Crippen LogP contribution in [0.5, 0.6) is 0 Å². The summed E-state index contributed by atoms with van der Waals surface area (Å²) in [7, 11) is 1.57. The summed E-state index contributed by atoms with van der Waals surface area (Å²) in [6, 6.07) is 3.31. The molecule has 0 spiro atoms. The van der Waals surface area contributed by atoms with Gasteiger partial charge < -0.3 is 10.0 Å². The zero-order chi connectivity index (χ0) is 11.3.